The molecule has 0 atom stereocenters. The lowest BCUT2D eigenvalue weighted by Gasteiger charge is -2.48. The van der Waals surface area contributed by atoms with Gasteiger partial charge in [0.05, 0.1) is 0 Å². The number of nitrogens with zero attached hydrogens (tertiary/aromatic N) is 1. The van der Waals surface area contributed by atoms with E-state index in [-0.39, 0.29) is 11.7 Å². The molecule has 0 aromatic carbocycles. The van der Waals surface area contributed by atoms with Crippen molar-refractivity contribution in [3.63, 3.8) is 0 Å². The fourth-order valence-electron chi connectivity index (χ4n) is 2.32. The second-order valence-electron chi connectivity index (χ2n) is 6.59. The van der Waals surface area contributed by atoms with Crippen molar-refractivity contribution in [1.29, 1.82) is 0 Å². The van der Waals surface area contributed by atoms with Gasteiger partial charge in [-0.2, -0.15) is 0 Å². The molecule has 0 saturated carbocycles. The molecule has 6 heteroatoms. The Morgan fingerprint density at radius 2 is 1.65 bits per heavy atom. The first-order chi connectivity index (χ1) is 9.14. The van der Waals surface area contributed by atoms with Crippen molar-refractivity contribution in [1.82, 2.24) is 10.2 Å². The third kappa shape index (κ3) is 5.36. The van der Waals surface area contributed by atoms with Crippen LogP contribution in [0.3, 0.4) is 0 Å². The molecule has 116 valence electrons. The van der Waals surface area contributed by atoms with Gasteiger partial charge in [0, 0.05) is 33.1 Å². The quantitative estimate of drug-likeness (QED) is 0.708. The molecule has 1 amide bonds. The van der Waals surface area contributed by atoms with E-state index in [9.17, 15) is 4.79 Å². The highest BCUT2D eigenvalue weighted by atomic mass is 16.6. The minimum Gasteiger partial charge on any atom is -0.481 e. The lowest BCUT2D eigenvalue weighted by Crippen LogP contribution is -2.59. The molecule has 2 aliphatic rings. The predicted octanol–water partition coefficient (Wildman–Crippen LogP) is 1.70. The van der Waals surface area contributed by atoms with Crippen molar-refractivity contribution in [3.05, 3.63) is 0 Å². The van der Waals surface area contributed by atoms with Crippen LogP contribution in [-0.4, -0.2) is 53.8 Å². The highest BCUT2D eigenvalue weighted by molar-refractivity contribution is 5.68. The number of carbonyl (C=O) groups excluding carboxylic acids is 1. The van der Waals surface area contributed by atoms with Crippen molar-refractivity contribution in [3.8, 4) is 0 Å². The molecule has 2 heterocycles. The normalized spacial score (nSPS) is 20.5. The van der Waals surface area contributed by atoms with Gasteiger partial charge in [-0.1, -0.05) is 0 Å². The Kier molecular flexibility index (Phi) is 5.39. The number of rotatable bonds is 0. The van der Waals surface area contributed by atoms with Gasteiger partial charge in [0.2, 0.25) is 0 Å². The summed E-state index contributed by atoms with van der Waals surface area (Å²) < 4.78 is 5.37. The number of hydrogen-bond acceptors (Lipinski definition) is 4. The van der Waals surface area contributed by atoms with E-state index in [4.69, 9.17) is 14.6 Å². The summed E-state index contributed by atoms with van der Waals surface area (Å²) in [6.45, 7) is 10.7. The van der Waals surface area contributed by atoms with Crippen LogP contribution < -0.4 is 5.32 Å². The lowest BCUT2D eigenvalue weighted by atomic mass is 9.73. The highest BCUT2D eigenvalue weighted by Crippen LogP contribution is 2.35. The third-order valence-corrected chi connectivity index (χ3v) is 3.48. The zero-order valence-corrected chi connectivity index (χ0v) is 12.9. The van der Waals surface area contributed by atoms with E-state index in [1.165, 1.54) is 0 Å². The summed E-state index contributed by atoms with van der Waals surface area (Å²) in [5, 5.41) is 10.7. The Hall–Kier alpha value is -1.30. The van der Waals surface area contributed by atoms with Gasteiger partial charge in [-0.25, -0.2) is 4.79 Å². The Labute approximate surface area is 120 Å². The van der Waals surface area contributed by atoms with Crippen LogP contribution in [0, 0.1) is 5.41 Å². The molecule has 0 bridgehead atoms. The van der Waals surface area contributed by atoms with Crippen LogP contribution in [0.15, 0.2) is 0 Å². The fourth-order valence-corrected chi connectivity index (χ4v) is 2.32. The van der Waals surface area contributed by atoms with Gasteiger partial charge in [-0.3, -0.25) is 4.79 Å². The monoisotopic (exact) mass is 286 g/mol. The molecule has 2 aliphatic heterocycles. The summed E-state index contributed by atoms with van der Waals surface area (Å²) in [6, 6.07) is 0. The van der Waals surface area contributed by atoms with Gasteiger partial charge in [0.1, 0.15) is 5.60 Å². The van der Waals surface area contributed by atoms with E-state index in [1.807, 2.05) is 25.7 Å². The Morgan fingerprint density at radius 1 is 1.20 bits per heavy atom. The van der Waals surface area contributed by atoms with Gasteiger partial charge in [-0.15, -0.1) is 0 Å². The predicted molar refractivity (Wildman–Crippen MR) is 75.7 cm³/mol. The van der Waals surface area contributed by atoms with Crippen molar-refractivity contribution in [2.24, 2.45) is 5.41 Å². The number of likely N-dealkylation sites (tertiary alicyclic amines) is 1. The number of aliphatic carboxylic acids is 1. The number of carboxylic acids is 1. The summed E-state index contributed by atoms with van der Waals surface area (Å²) in [5.41, 5.74) is 0.1000. The Morgan fingerprint density at radius 3 is 1.95 bits per heavy atom. The van der Waals surface area contributed by atoms with Gasteiger partial charge in [0.15, 0.2) is 0 Å². The molecular formula is C14H26N2O4. The third-order valence-electron chi connectivity index (χ3n) is 3.48. The highest BCUT2D eigenvalue weighted by Gasteiger charge is 2.41. The fraction of sp³-hybridized carbons (Fsp3) is 0.857. The first-order valence-electron chi connectivity index (χ1n) is 7.02. The molecule has 6 nitrogen and oxygen atoms in total. The molecular weight excluding hydrogens is 260 g/mol. The van der Waals surface area contributed by atoms with E-state index >= 15 is 0 Å². The number of carbonyl (C=O) groups is 2. The largest absolute Gasteiger partial charge is 0.481 e. The summed E-state index contributed by atoms with van der Waals surface area (Å²) in [5.74, 6) is -0.833. The Balaban J connectivity index is 0.000000444. The van der Waals surface area contributed by atoms with Crippen LogP contribution in [-0.2, 0) is 9.53 Å². The second kappa shape index (κ2) is 6.43. The molecule has 2 saturated heterocycles. The molecule has 0 radical (unpaired) electrons. The van der Waals surface area contributed by atoms with Crippen molar-refractivity contribution >= 4 is 12.1 Å². The maximum Gasteiger partial charge on any atom is 0.410 e. The van der Waals surface area contributed by atoms with Crippen molar-refractivity contribution in [2.75, 3.05) is 26.2 Å². The topological polar surface area (TPSA) is 78.9 Å². The van der Waals surface area contributed by atoms with Gasteiger partial charge < -0.3 is 20.1 Å². The van der Waals surface area contributed by atoms with E-state index in [0.717, 1.165) is 45.9 Å². The van der Waals surface area contributed by atoms with E-state index in [0.29, 0.717) is 5.41 Å². The van der Waals surface area contributed by atoms with Gasteiger partial charge >= 0.3 is 6.09 Å². The number of amides is 1. The molecule has 0 aliphatic carbocycles. The average molecular weight is 286 g/mol. The molecule has 2 N–H and O–H groups in total. The van der Waals surface area contributed by atoms with E-state index < -0.39 is 5.97 Å². The molecule has 0 aromatic heterocycles. The lowest BCUT2D eigenvalue weighted by molar-refractivity contribution is -0.134. The maximum atomic E-state index is 11.8. The van der Waals surface area contributed by atoms with Gasteiger partial charge in [0.25, 0.3) is 5.97 Å². The minimum absolute atomic E-state index is 0.158. The van der Waals surface area contributed by atoms with Crippen LogP contribution in [0.2, 0.25) is 0 Å². The molecule has 0 aromatic rings. The second-order valence-corrected chi connectivity index (χ2v) is 6.59. The molecule has 0 unspecified atom stereocenters. The zero-order chi connectivity index (χ0) is 15.4. The van der Waals surface area contributed by atoms with E-state index in [1.54, 1.807) is 0 Å². The van der Waals surface area contributed by atoms with E-state index in [2.05, 4.69) is 5.32 Å². The van der Waals surface area contributed by atoms with Crippen LogP contribution in [0.1, 0.15) is 40.5 Å². The van der Waals surface area contributed by atoms with Crippen LogP contribution in [0.4, 0.5) is 4.79 Å². The number of ether oxygens (including phenoxy) is 1. The summed E-state index contributed by atoms with van der Waals surface area (Å²) in [6.07, 6.45) is 2.06. The maximum absolute atomic E-state index is 11.8. The summed E-state index contributed by atoms with van der Waals surface area (Å²) in [7, 11) is 0. The number of piperidine rings is 1. The number of nitrogens with one attached hydrogen (secondary N) is 1. The van der Waals surface area contributed by atoms with Crippen LogP contribution in [0.25, 0.3) is 0 Å². The number of hydrogen-bond donors (Lipinski definition) is 2. The minimum atomic E-state index is -0.833. The van der Waals surface area contributed by atoms with Crippen molar-refractivity contribution < 1.29 is 19.4 Å². The zero-order valence-electron chi connectivity index (χ0n) is 12.9. The first kappa shape index (κ1) is 16.8. The summed E-state index contributed by atoms with van der Waals surface area (Å²) >= 11 is 0. The average Bonchev–Trinajstić information content (AvgIpc) is 2.24. The molecule has 20 heavy (non-hydrogen) atoms. The van der Waals surface area contributed by atoms with Gasteiger partial charge in [-0.05, 0) is 39.0 Å². The smallest absolute Gasteiger partial charge is 0.410 e. The van der Waals surface area contributed by atoms with Crippen LogP contribution in [0.5, 0.6) is 0 Å². The SMILES string of the molecule is CC(=O)O.CC(C)(C)OC(=O)N1CCC2(CC1)CNC2. The molecule has 1 spiro atoms. The number of carboxylic acid groups (broad SMARTS) is 1. The molecule has 2 rings (SSSR count). The van der Waals surface area contributed by atoms with Crippen molar-refractivity contribution in [2.45, 2.75) is 46.1 Å². The first-order valence-corrected chi connectivity index (χ1v) is 7.02. The van der Waals surface area contributed by atoms with Crippen LogP contribution >= 0.6 is 0 Å². The molecule has 2 fully saturated rings. The standard InChI is InChI=1S/C12H22N2O2.C2H4O2/c1-11(2,3)16-10(15)14-6-4-12(5-7-14)8-13-9-12;1-2(3)4/h13H,4-9H2,1-3H3;1H3,(H,3,4). The summed E-state index contributed by atoms with van der Waals surface area (Å²) in [4.78, 5) is 22.7. The Bertz CT molecular complexity index is 345.